The van der Waals surface area contributed by atoms with Crippen LogP contribution in [0.25, 0.3) is 11.3 Å². The lowest BCUT2D eigenvalue weighted by molar-refractivity contribution is -0.0386. The van der Waals surface area contributed by atoms with Crippen molar-refractivity contribution >= 4 is 5.97 Å². The molecule has 3 rings (SSSR count). The van der Waals surface area contributed by atoms with E-state index in [1.165, 1.54) is 12.1 Å². The van der Waals surface area contributed by atoms with Gasteiger partial charge in [-0.15, -0.1) is 0 Å². The maximum Gasteiger partial charge on any atom is 0.358 e. The van der Waals surface area contributed by atoms with Gasteiger partial charge in [0.2, 0.25) is 0 Å². The monoisotopic (exact) mass is 318 g/mol. The van der Waals surface area contributed by atoms with Gasteiger partial charge in [-0.3, -0.25) is 0 Å². The highest BCUT2D eigenvalue weighted by Crippen LogP contribution is 2.29. The third-order valence-corrected chi connectivity index (χ3v) is 3.79. The van der Waals surface area contributed by atoms with E-state index in [9.17, 15) is 9.18 Å². The molecule has 0 bridgehead atoms. The smallest absolute Gasteiger partial charge is 0.358 e. The largest absolute Gasteiger partial charge is 0.461 e. The van der Waals surface area contributed by atoms with E-state index >= 15 is 0 Å². The average molecular weight is 318 g/mol. The number of carbonyl (C=O) groups is 1. The molecule has 1 aliphatic rings. The van der Waals surface area contributed by atoms with Crippen molar-refractivity contribution in [3.05, 3.63) is 41.8 Å². The Morgan fingerprint density at radius 3 is 2.83 bits per heavy atom. The Balaban J connectivity index is 2.00. The molecule has 5 nitrogen and oxygen atoms in total. The van der Waals surface area contributed by atoms with Gasteiger partial charge in [0.15, 0.2) is 11.9 Å². The molecule has 1 aliphatic heterocycles. The molecule has 2 aromatic rings. The van der Waals surface area contributed by atoms with E-state index in [1.807, 2.05) is 0 Å². The van der Waals surface area contributed by atoms with Crippen LogP contribution in [0.3, 0.4) is 0 Å². The zero-order chi connectivity index (χ0) is 16.2. The van der Waals surface area contributed by atoms with Gasteiger partial charge in [-0.2, -0.15) is 5.10 Å². The summed E-state index contributed by atoms with van der Waals surface area (Å²) in [7, 11) is 0. The van der Waals surface area contributed by atoms with Crippen molar-refractivity contribution in [2.45, 2.75) is 32.4 Å². The molecule has 1 saturated heterocycles. The first-order valence-electron chi connectivity index (χ1n) is 7.83. The quantitative estimate of drug-likeness (QED) is 0.809. The molecule has 0 aliphatic carbocycles. The Morgan fingerprint density at radius 1 is 1.39 bits per heavy atom. The minimum Gasteiger partial charge on any atom is -0.461 e. The molecular weight excluding hydrogens is 299 g/mol. The van der Waals surface area contributed by atoms with Gasteiger partial charge in [-0.25, -0.2) is 13.9 Å². The highest BCUT2D eigenvalue weighted by atomic mass is 19.1. The molecule has 1 fully saturated rings. The minimum atomic E-state index is -0.467. The lowest BCUT2D eigenvalue weighted by atomic mass is 10.1. The molecular formula is C17H19FN2O3. The van der Waals surface area contributed by atoms with Gasteiger partial charge in [-0.05, 0) is 56.5 Å². The summed E-state index contributed by atoms with van der Waals surface area (Å²) in [4.78, 5) is 12.0. The average Bonchev–Trinajstić information content (AvgIpc) is 3.02. The molecule has 1 aromatic carbocycles. The van der Waals surface area contributed by atoms with Crippen LogP contribution in [0, 0.1) is 5.82 Å². The van der Waals surface area contributed by atoms with Gasteiger partial charge < -0.3 is 9.47 Å². The lowest BCUT2D eigenvalue weighted by Crippen LogP contribution is -2.20. The molecule has 6 heteroatoms. The van der Waals surface area contributed by atoms with Gasteiger partial charge in [0, 0.05) is 12.2 Å². The van der Waals surface area contributed by atoms with E-state index in [2.05, 4.69) is 5.10 Å². The molecule has 1 aromatic heterocycles. The molecule has 0 N–H and O–H groups in total. The summed E-state index contributed by atoms with van der Waals surface area (Å²) in [5.74, 6) is -0.773. The van der Waals surface area contributed by atoms with E-state index in [-0.39, 0.29) is 24.3 Å². The SMILES string of the molecule is CCOC(=O)c1cc(-c2ccc(F)cc2)n(C2CCCCO2)n1. The van der Waals surface area contributed by atoms with Crippen LogP contribution in [0.4, 0.5) is 4.39 Å². The number of nitrogens with zero attached hydrogens (tertiary/aromatic N) is 2. The number of aromatic nitrogens is 2. The summed E-state index contributed by atoms with van der Waals surface area (Å²) in [5, 5.41) is 4.37. The number of benzene rings is 1. The second-order valence-corrected chi connectivity index (χ2v) is 5.41. The van der Waals surface area contributed by atoms with Crippen LogP contribution < -0.4 is 0 Å². The normalized spacial score (nSPS) is 17.9. The van der Waals surface area contributed by atoms with Crippen molar-refractivity contribution in [1.82, 2.24) is 9.78 Å². The summed E-state index contributed by atoms with van der Waals surface area (Å²) in [5.41, 5.74) is 1.74. The number of carbonyl (C=O) groups excluding carboxylic acids is 1. The van der Waals surface area contributed by atoms with Crippen molar-refractivity contribution in [2.75, 3.05) is 13.2 Å². The van der Waals surface area contributed by atoms with Crippen molar-refractivity contribution in [1.29, 1.82) is 0 Å². The van der Waals surface area contributed by atoms with Crippen LogP contribution in [-0.2, 0) is 9.47 Å². The predicted octanol–water partition coefficient (Wildman–Crippen LogP) is 3.57. The van der Waals surface area contributed by atoms with Crippen LogP contribution in [0.5, 0.6) is 0 Å². The van der Waals surface area contributed by atoms with Gasteiger partial charge >= 0.3 is 5.97 Å². The van der Waals surface area contributed by atoms with Crippen LogP contribution >= 0.6 is 0 Å². The molecule has 0 spiro atoms. The second-order valence-electron chi connectivity index (χ2n) is 5.41. The van der Waals surface area contributed by atoms with Crippen molar-refractivity contribution < 1.29 is 18.7 Å². The van der Waals surface area contributed by atoms with E-state index in [0.29, 0.717) is 6.61 Å². The summed E-state index contributed by atoms with van der Waals surface area (Å²) in [6, 6.07) is 7.78. The Kier molecular flexibility index (Phi) is 4.71. The van der Waals surface area contributed by atoms with E-state index < -0.39 is 5.97 Å². The molecule has 0 saturated carbocycles. The number of ether oxygens (including phenoxy) is 2. The minimum absolute atomic E-state index is 0.216. The van der Waals surface area contributed by atoms with E-state index in [1.54, 1.807) is 29.8 Å². The van der Waals surface area contributed by atoms with E-state index in [0.717, 1.165) is 30.5 Å². The first-order valence-corrected chi connectivity index (χ1v) is 7.83. The molecule has 122 valence electrons. The summed E-state index contributed by atoms with van der Waals surface area (Å²) < 4.78 is 25.7. The second kappa shape index (κ2) is 6.91. The number of hydrogen-bond donors (Lipinski definition) is 0. The fraction of sp³-hybridized carbons (Fsp3) is 0.412. The van der Waals surface area contributed by atoms with Gasteiger partial charge in [-0.1, -0.05) is 0 Å². The van der Waals surface area contributed by atoms with Crippen LogP contribution in [0.2, 0.25) is 0 Å². The van der Waals surface area contributed by atoms with Gasteiger partial charge in [0.1, 0.15) is 5.82 Å². The zero-order valence-electron chi connectivity index (χ0n) is 13.0. The maximum absolute atomic E-state index is 13.2. The van der Waals surface area contributed by atoms with Crippen LogP contribution in [0.1, 0.15) is 42.9 Å². The molecule has 2 heterocycles. The summed E-state index contributed by atoms with van der Waals surface area (Å²) >= 11 is 0. The fourth-order valence-electron chi connectivity index (χ4n) is 2.67. The van der Waals surface area contributed by atoms with Crippen molar-refractivity contribution in [3.8, 4) is 11.3 Å². The Labute approximate surface area is 134 Å². The molecule has 23 heavy (non-hydrogen) atoms. The number of esters is 1. The topological polar surface area (TPSA) is 53.4 Å². The van der Waals surface area contributed by atoms with Crippen LogP contribution in [0.15, 0.2) is 30.3 Å². The Bertz CT molecular complexity index is 676. The van der Waals surface area contributed by atoms with Gasteiger partial charge in [0.25, 0.3) is 0 Å². The third-order valence-electron chi connectivity index (χ3n) is 3.79. The predicted molar refractivity (Wildman–Crippen MR) is 82.4 cm³/mol. The summed E-state index contributed by atoms with van der Waals surface area (Å²) in [6.07, 6.45) is 2.68. The fourth-order valence-corrected chi connectivity index (χ4v) is 2.67. The van der Waals surface area contributed by atoms with E-state index in [4.69, 9.17) is 9.47 Å². The first-order chi connectivity index (χ1) is 11.2. The molecule has 0 amide bonds. The molecule has 1 atom stereocenters. The molecule has 0 radical (unpaired) electrons. The standard InChI is InChI=1S/C17H19FN2O3/c1-2-22-17(21)14-11-15(12-6-8-13(18)9-7-12)20(19-14)16-5-3-4-10-23-16/h6-9,11,16H,2-5,10H2,1H3. The summed E-state index contributed by atoms with van der Waals surface area (Å²) in [6.45, 7) is 2.71. The zero-order valence-corrected chi connectivity index (χ0v) is 13.0. The molecule has 1 unspecified atom stereocenters. The third kappa shape index (κ3) is 3.42. The van der Waals surface area contributed by atoms with Crippen molar-refractivity contribution in [3.63, 3.8) is 0 Å². The Morgan fingerprint density at radius 2 is 2.17 bits per heavy atom. The maximum atomic E-state index is 13.2. The number of rotatable bonds is 4. The number of halogens is 1. The van der Waals surface area contributed by atoms with Crippen molar-refractivity contribution in [2.24, 2.45) is 0 Å². The highest BCUT2D eigenvalue weighted by Gasteiger charge is 2.23. The van der Waals surface area contributed by atoms with Gasteiger partial charge in [0.05, 0.1) is 12.3 Å². The first kappa shape index (κ1) is 15.7. The highest BCUT2D eigenvalue weighted by molar-refractivity contribution is 5.88. The van der Waals surface area contributed by atoms with Crippen LogP contribution in [-0.4, -0.2) is 29.0 Å². The Hall–Kier alpha value is -2.21. The lowest BCUT2D eigenvalue weighted by Gasteiger charge is -2.24. The number of hydrogen-bond acceptors (Lipinski definition) is 4.